The number of nitrogens with one attached hydrogen (secondary N) is 1. The van der Waals surface area contributed by atoms with Gasteiger partial charge < -0.3 is 9.84 Å². The highest BCUT2D eigenvalue weighted by molar-refractivity contribution is 7.88. The fourth-order valence-electron chi connectivity index (χ4n) is 2.87. The molecular weight excluding hydrogens is 392 g/mol. The number of likely N-dealkylation sites (N-methyl/N-ethyl adjacent to an activating group) is 1. The molecule has 8 nitrogen and oxygen atoms in total. The lowest BCUT2D eigenvalue weighted by atomic mass is 10.1. The molecule has 0 unspecified atom stereocenters. The number of nitrogens with zero attached hydrogens (tertiary/aromatic N) is 3. The first kappa shape index (κ1) is 20.7. The number of hydrogen-bond donors (Lipinski definition) is 1. The van der Waals surface area contributed by atoms with Gasteiger partial charge in [-0.1, -0.05) is 59.8 Å². The predicted molar refractivity (Wildman–Crippen MR) is 108 cm³/mol. The zero-order valence-corrected chi connectivity index (χ0v) is 17.2. The largest absolute Gasteiger partial charge is 0.345 e. The van der Waals surface area contributed by atoms with Gasteiger partial charge in [-0.05, 0) is 18.1 Å². The van der Waals surface area contributed by atoms with E-state index >= 15 is 0 Å². The molecule has 1 amide bonds. The van der Waals surface area contributed by atoms with Crippen LogP contribution in [0, 0.1) is 6.92 Å². The Kier molecular flexibility index (Phi) is 6.09. The van der Waals surface area contributed by atoms with Crippen LogP contribution in [-0.4, -0.2) is 42.1 Å². The Labute approximate surface area is 169 Å². The standard InChI is InChI=1S/C20H22N4O4S/c1-14-9-7-8-12-16(14)19-22-17(28-23-19)13-21-20(25)18(24(2)29(3,26)27)15-10-5-4-6-11-15/h4-12,18H,13H2,1-3H3,(H,21,25)/t18-/m1/s1. The maximum Gasteiger partial charge on any atom is 0.246 e. The second kappa shape index (κ2) is 8.54. The van der Waals surface area contributed by atoms with E-state index in [9.17, 15) is 13.2 Å². The highest BCUT2D eigenvalue weighted by Gasteiger charge is 2.30. The molecule has 1 N–H and O–H groups in total. The highest BCUT2D eigenvalue weighted by Crippen LogP contribution is 2.23. The van der Waals surface area contributed by atoms with Crippen molar-refractivity contribution in [3.8, 4) is 11.4 Å². The van der Waals surface area contributed by atoms with Gasteiger partial charge in [0.05, 0.1) is 12.8 Å². The third kappa shape index (κ3) is 4.87. The molecule has 0 radical (unpaired) electrons. The number of aryl methyl sites for hydroxylation is 1. The molecule has 1 aromatic heterocycles. The number of benzene rings is 2. The Hall–Kier alpha value is -3.04. The van der Waals surface area contributed by atoms with Crippen LogP contribution in [0.25, 0.3) is 11.4 Å². The molecule has 0 aliphatic heterocycles. The summed E-state index contributed by atoms with van der Waals surface area (Å²) >= 11 is 0. The summed E-state index contributed by atoms with van der Waals surface area (Å²) in [6.45, 7) is 1.93. The van der Waals surface area contributed by atoms with E-state index in [4.69, 9.17) is 4.52 Å². The third-order valence-electron chi connectivity index (χ3n) is 4.52. The molecule has 1 heterocycles. The van der Waals surface area contributed by atoms with Gasteiger partial charge in [0.1, 0.15) is 6.04 Å². The van der Waals surface area contributed by atoms with E-state index in [-0.39, 0.29) is 12.4 Å². The van der Waals surface area contributed by atoms with Crippen LogP contribution in [0.2, 0.25) is 0 Å². The maximum absolute atomic E-state index is 12.8. The van der Waals surface area contributed by atoms with E-state index < -0.39 is 22.0 Å². The fourth-order valence-corrected chi connectivity index (χ4v) is 3.47. The number of rotatable bonds is 7. The van der Waals surface area contributed by atoms with E-state index in [2.05, 4.69) is 15.5 Å². The number of hydrogen-bond acceptors (Lipinski definition) is 6. The Morgan fingerprint density at radius 1 is 1.14 bits per heavy atom. The molecule has 0 bridgehead atoms. The molecule has 0 spiro atoms. The van der Waals surface area contributed by atoms with E-state index in [1.807, 2.05) is 31.2 Å². The number of amides is 1. The summed E-state index contributed by atoms with van der Waals surface area (Å²) < 4.78 is 30.3. The zero-order valence-electron chi connectivity index (χ0n) is 16.4. The zero-order chi connectivity index (χ0) is 21.0. The molecule has 0 saturated carbocycles. The van der Waals surface area contributed by atoms with Crippen molar-refractivity contribution in [1.29, 1.82) is 0 Å². The molecule has 2 aromatic carbocycles. The average molecular weight is 414 g/mol. The van der Waals surface area contributed by atoms with Gasteiger partial charge in [-0.25, -0.2) is 8.42 Å². The van der Waals surface area contributed by atoms with Gasteiger partial charge in [0, 0.05) is 12.6 Å². The minimum Gasteiger partial charge on any atom is -0.345 e. The first-order valence-corrected chi connectivity index (χ1v) is 10.8. The molecule has 0 fully saturated rings. The van der Waals surface area contributed by atoms with Crippen LogP contribution in [-0.2, 0) is 21.4 Å². The van der Waals surface area contributed by atoms with Gasteiger partial charge in [0.2, 0.25) is 27.6 Å². The highest BCUT2D eigenvalue weighted by atomic mass is 32.2. The molecule has 29 heavy (non-hydrogen) atoms. The molecule has 0 saturated heterocycles. The van der Waals surface area contributed by atoms with Gasteiger partial charge in [-0.15, -0.1) is 0 Å². The molecule has 3 rings (SSSR count). The van der Waals surface area contributed by atoms with Crippen molar-refractivity contribution < 1.29 is 17.7 Å². The second-order valence-corrected chi connectivity index (χ2v) is 8.68. The summed E-state index contributed by atoms with van der Waals surface area (Å²) in [7, 11) is -2.22. The summed E-state index contributed by atoms with van der Waals surface area (Å²) in [6, 6.07) is 15.3. The Morgan fingerprint density at radius 2 is 1.79 bits per heavy atom. The maximum atomic E-state index is 12.8. The van der Waals surface area contributed by atoms with Crippen LogP contribution >= 0.6 is 0 Å². The molecule has 9 heteroatoms. The quantitative estimate of drug-likeness (QED) is 0.636. The Bertz CT molecular complexity index is 1100. The van der Waals surface area contributed by atoms with Gasteiger partial charge in [-0.3, -0.25) is 4.79 Å². The smallest absolute Gasteiger partial charge is 0.246 e. The molecule has 0 aliphatic carbocycles. The summed E-state index contributed by atoms with van der Waals surface area (Å²) in [6.07, 6.45) is 1.06. The molecule has 0 aliphatic rings. The lowest BCUT2D eigenvalue weighted by Crippen LogP contribution is -2.41. The van der Waals surface area contributed by atoms with Crippen LogP contribution < -0.4 is 5.32 Å². The average Bonchev–Trinajstić information content (AvgIpc) is 3.16. The fraction of sp³-hybridized carbons (Fsp3) is 0.250. The summed E-state index contributed by atoms with van der Waals surface area (Å²) in [4.78, 5) is 17.1. The second-order valence-electron chi connectivity index (χ2n) is 6.64. The first-order valence-electron chi connectivity index (χ1n) is 8.91. The van der Waals surface area contributed by atoms with Crippen molar-refractivity contribution >= 4 is 15.9 Å². The van der Waals surface area contributed by atoms with Crippen LogP contribution in [0.5, 0.6) is 0 Å². The van der Waals surface area contributed by atoms with Crippen molar-refractivity contribution in [3.05, 3.63) is 71.6 Å². The number of carbonyl (C=O) groups is 1. The first-order chi connectivity index (χ1) is 13.8. The summed E-state index contributed by atoms with van der Waals surface area (Å²) in [5.41, 5.74) is 2.40. The lowest BCUT2D eigenvalue weighted by molar-refractivity contribution is -0.125. The van der Waals surface area contributed by atoms with Crippen LogP contribution in [0.3, 0.4) is 0 Å². The third-order valence-corrected chi connectivity index (χ3v) is 5.78. The van der Waals surface area contributed by atoms with Gasteiger partial charge in [0.15, 0.2) is 0 Å². The summed E-state index contributed by atoms with van der Waals surface area (Å²) in [5.74, 6) is 0.172. The normalized spacial score (nSPS) is 12.7. The van der Waals surface area contributed by atoms with E-state index in [1.54, 1.807) is 30.3 Å². The van der Waals surface area contributed by atoms with Crippen molar-refractivity contribution in [3.63, 3.8) is 0 Å². The van der Waals surface area contributed by atoms with Gasteiger partial charge in [-0.2, -0.15) is 9.29 Å². The minimum absolute atomic E-state index is 0.0152. The molecule has 1 atom stereocenters. The molecule has 3 aromatic rings. The summed E-state index contributed by atoms with van der Waals surface area (Å²) in [5, 5.41) is 6.65. The van der Waals surface area contributed by atoms with Crippen LogP contribution in [0.1, 0.15) is 23.1 Å². The SMILES string of the molecule is Cc1ccccc1-c1noc(CNC(=O)[C@@H](c2ccccc2)N(C)S(C)(=O)=O)n1. The van der Waals surface area contributed by atoms with Gasteiger partial charge >= 0.3 is 0 Å². The van der Waals surface area contributed by atoms with Crippen molar-refractivity contribution in [2.75, 3.05) is 13.3 Å². The van der Waals surface area contributed by atoms with Crippen LogP contribution in [0.15, 0.2) is 59.1 Å². The number of aromatic nitrogens is 2. The molecular formula is C20H22N4O4S. The van der Waals surface area contributed by atoms with E-state index in [1.165, 1.54) is 7.05 Å². The van der Waals surface area contributed by atoms with Crippen molar-refractivity contribution in [2.24, 2.45) is 0 Å². The predicted octanol–water partition coefficient (Wildman–Crippen LogP) is 2.29. The topological polar surface area (TPSA) is 105 Å². The molecule has 152 valence electrons. The van der Waals surface area contributed by atoms with Crippen LogP contribution in [0.4, 0.5) is 0 Å². The lowest BCUT2D eigenvalue weighted by Gasteiger charge is -2.25. The number of sulfonamides is 1. The van der Waals surface area contributed by atoms with E-state index in [0.717, 1.165) is 21.7 Å². The van der Waals surface area contributed by atoms with Crippen molar-refractivity contribution in [1.82, 2.24) is 19.8 Å². The monoisotopic (exact) mass is 414 g/mol. The van der Waals surface area contributed by atoms with Crippen molar-refractivity contribution in [2.45, 2.75) is 19.5 Å². The number of carbonyl (C=O) groups excluding carboxylic acids is 1. The Balaban J connectivity index is 1.77. The Morgan fingerprint density at radius 3 is 2.45 bits per heavy atom. The minimum atomic E-state index is -3.59. The van der Waals surface area contributed by atoms with E-state index in [0.29, 0.717) is 11.4 Å². The van der Waals surface area contributed by atoms with Gasteiger partial charge in [0.25, 0.3) is 0 Å².